The van der Waals surface area contributed by atoms with Crippen LogP contribution < -0.4 is 15.6 Å². The van der Waals surface area contributed by atoms with Gasteiger partial charge in [-0.1, -0.05) is 18.2 Å². The van der Waals surface area contributed by atoms with E-state index in [4.69, 9.17) is 4.74 Å². The average Bonchev–Trinajstić information content (AvgIpc) is 2.55. The molecule has 6 nitrogen and oxygen atoms in total. The van der Waals surface area contributed by atoms with Gasteiger partial charge in [-0.25, -0.2) is 4.98 Å². The van der Waals surface area contributed by atoms with Crippen molar-refractivity contribution in [1.29, 1.82) is 0 Å². The smallest absolute Gasteiger partial charge is 0.254 e. The first-order valence-corrected chi connectivity index (χ1v) is 7.64. The minimum absolute atomic E-state index is 0.0765. The number of aromatic nitrogens is 2. The molecule has 0 spiro atoms. The fourth-order valence-corrected chi connectivity index (χ4v) is 2.15. The van der Waals surface area contributed by atoms with E-state index in [2.05, 4.69) is 15.3 Å². The Labute approximate surface area is 134 Å². The van der Waals surface area contributed by atoms with Crippen molar-refractivity contribution in [1.82, 2.24) is 15.3 Å². The van der Waals surface area contributed by atoms with Crippen LogP contribution in [0.1, 0.15) is 24.1 Å². The molecule has 0 aliphatic heterocycles. The summed E-state index contributed by atoms with van der Waals surface area (Å²) in [5.74, 6) is 0.748. The molecule has 2 N–H and O–H groups in total. The molecular weight excluding hydrogens is 294 g/mol. The van der Waals surface area contributed by atoms with Gasteiger partial charge in [-0.15, -0.1) is 0 Å². The van der Waals surface area contributed by atoms with E-state index in [1.807, 2.05) is 30.3 Å². The van der Waals surface area contributed by atoms with Crippen molar-refractivity contribution in [3.05, 3.63) is 58.3 Å². The Balaban J connectivity index is 1.63. The van der Waals surface area contributed by atoms with Gasteiger partial charge in [0, 0.05) is 24.2 Å². The zero-order valence-electron chi connectivity index (χ0n) is 13.2. The third-order valence-electron chi connectivity index (χ3n) is 3.42. The molecule has 0 bridgehead atoms. The summed E-state index contributed by atoms with van der Waals surface area (Å²) < 4.78 is 5.54. The molecule has 1 aromatic carbocycles. The minimum atomic E-state index is -0.179. The van der Waals surface area contributed by atoms with Crippen LogP contribution in [0, 0.1) is 6.92 Å². The molecule has 2 rings (SSSR count). The summed E-state index contributed by atoms with van der Waals surface area (Å²) in [6.07, 6.45) is 2.76. The van der Waals surface area contributed by atoms with E-state index >= 15 is 0 Å². The van der Waals surface area contributed by atoms with Crippen LogP contribution >= 0.6 is 0 Å². The highest BCUT2D eigenvalue weighted by Crippen LogP contribution is 2.08. The molecule has 2 aromatic rings. The lowest BCUT2D eigenvalue weighted by molar-refractivity contribution is -0.121. The normalized spacial score (nSPS) is 10.3. The fourth-order valence-electron chi connectivity index (χ4n) is 2.15. The predicted octanol–water partition coefficient (Wildman–Crippen LogP) is 1.60. The van der Waals surface area contributed by atoms with Crippen molar-refractivity contribution in [3.8, 4) is 5.75 Å². The topological polar surface area (TPSA) is 84.1 Å². The van der Waals surface area contributed by atoms with E-state index in [0.717, 1.165) is 12.2 Å². The van der Waals surface area contributed by atoms with Crippen LogP contribution in [-0.4, -0.2) is 29.0 Å². The zero-order chi connectivity index (χ0) is 16.5. The van der Waals surface area contributed by atoms with Gasteiger partial charge in [-0.05, 0) is 31.9 Å². The summed E-state index contributed by atoms with van der Waals surface area (Å²) in [4.78, 5) is 30.0. The molecule has 1 aromatic heterocycles. The number of H-pyrrole nitrogens is 1. The molecule has 0 aliphatic carbocycles. The van der Waals surface area contributed by atoms with Crippen LogP contribution in [0.5, 0.6) is 5.75 Å². The van der Waals surface area contributed by atoms with Gasteiger partial charge in [0.1, 0.15) is 5.75 Å². The van der Waals surface area contributed by atoms with Crippen molar-refractivity contribution in [2.24, 2.45) is 0 Å². The summed E-state index contributed by atoms with van der Waals surface area (Å²) in [5.41, 5.74) is 1.05. The second kappa shape index (κ2) is 8.73. The van der Waals surface area contributed by atoms with Crippen molar-refractivity contribution in [2.45, 2.75) is 26.2 Å². The zero-order valence-corrected chi connectivity index (χ0v) is 13.2. The van der Waals surface area contributed by atoms with E-state index in [1.165, 1.54) is 6.33 Å². The largest absolute Gasteiger partial charge is 0.494 e. The molecule has 122 valence electrons. The number of rotatable bonds is 8. The van der Waals surface area contributed by atoms with Gasteiger partial charge in [0.25, 0.3) is 5.56 Å². The number of amides is 1. The number of nitrogens with zero attached hydrogens (tertiary/aromatic N) is 1. The summed E-state index contributed by atoms with van der Waals surface area (Å²) >= 11 is 0. The Hall–Kier alpha value is -2.63. The molecule has 0 unspecified atom stereocenters. The van der Waals surface area contributed by atoms with E-state index in [0.29, 0.717) is 30.8 Å². The van der Waals surface area contributed by atoms with Gasteiger partial charge in [-0.3, -0.25) is 9.59 Å². The molecule has 0 radical (unpaired) electrons. The van der Waals surface area contributed by atoms with Crippen molar-refractivity contribution >= 4 is 5.91 Å². The lowest BCUT2D eigenvalue weighted by atomic mass is 10.1. The number of nitrogens with one attached hydrogen (secondary N) is 2. The number of carbonyl (C=O) groups excluding carboxylic acids is 1. The number of benzene rings is 1. The Morgan fingerprint density at radius 3 is 2.83 bits per heavy atom. The maximum atomic E-state index is 11.8. The van der Waals surface area contributed by atoms with Crippen molar-refractivity contribution in [2.75, 3.05) is 13.2 Å². The molecule has 0 fully saturated rings. The maximum Gasteiger partial charge on any atom is 0.254 e. The first-order valence-electron chi connectivity index (χ1n) is 7.64. The maximum absolute atomic E-state index is 11.8. The van der Waals surface area contributed by atoms with Crippen LogP contribution in [0.2, 0.25) is 0 Å². The number of aryl methyl sites for hydroxylation is 1. The average molecular weight is 315 g/mol. The number of para-hydroxylation sites is 1. The van der Waals surface area contributed by atoms with Crippen LogP contribution in [0.3, 0.4) is 0 Å². The Morgan fingerprint density at radius 2 is 2.09 bits per heavy atom. The van der Waals surface area contributed by atoms with Crippen LogP contribution in [-0.2, 0) is 11.2 Å². The Kier molecular flexibility index (Phi) is 6.35. The number of carbonyl (C=O) groups is 1. The van der Waals surface area contributed by atoms with Crippen molar-refractivity contribution < 1.29 is 9.53 Å². The van der Waals surface area contributed by atoms with Gasteiger partial charge in [0.2, 0.25) is 5.91 Å². The predicted molar refractivity (Wildman–Crippen MR) is 87.5 cm³/mol. The van der Waals surface area contributed by atoms with Gasteiger partial charge in [0.05, 0.1) is 12.9 Å². The number of aromatic amines is 1. The molecule has 23 heavy (non-hydrogen) atoms. The molecule has 0 aliphatic rings. The summed E-state index contributed by atoms with van der Waals surface area (Å²) in [6.45, 7) is 2.86. The van der Waals surface area contributed by atoms with Gasteiger partial charge in [-0.2, -0.15) is 0 Å². The molecule has 1 heterocycles. The van der Waals surface area contributed by atoms with Crippen LogP contribution in [0.15, 0.2) is 41.5 Å². The number of ether oxygens (including phenoxy) is 1. The molecule has 0 atom stereocenters. The number of hydrogen-bond acceptors (Lipinski definition) is 4. The van der Waals surface area contributed by atoms with Gasteiger partial charge >= 0.3 is 0 Å². The van der Waals surface area contributed by atoms with Gasteiger partial charge in [0.15, 0.2) is 0 Å². The molecule has 0 saturated carbocycles. The molecular formula is C17H21N3O3. The monoisotopic (exact) mass is 315 g/mol. The fraction of sp³-hybridized carbons (Fsp3) is 0.353. The number of hydrogen-bond donors (Lipinski definition) is 2. The lowest BCUT2D eigenvalue weighted by Crippen LogP contribution is -2.27. The highest BCUT2D eigenvalue weighted by Gasteiger charge is 2.08. The lowest BCUT2D eigenvalue weighted by Gasteiger charge is -2.07. The Morgan fingerprint density at radius 1 is 1.30 bits per heavy atom. The van der Waals surface area contributed by atoms with Crippen LogP contribution in [0.4, 0.5) is 0 Å². The van der Waals surface area contributed by atoms with E-state index < -0.39 is 0 Å². The van der Waals surface area contributed by atoms with E-state index in [-0.39, 0.29) is 17.9 Å². The first kappa shape index (κ1) is 16.7. The SMILES string of the molecule is Cc1nc[nH]c(=O)c1CCC(=O)NCCCOc1ccccc1. The Bertz CT molecular complexity index is 683. The first-order chi connectivity index (χ1) is 11.2. The minimum Gasteiger partial charge on any atom is -0.494 e. The second-order valence-corrected chi connectivity index (χ2v) is 5.16. The highest BCUT2D eigenvalue weighted by molar-refractivity contribution is 5.76. The second-order valence-electron chi connectivity index (χ2n) is 5.16. The van der Waals surface area contributed by atoms with Crippen molar-refractivity contribution in [3.63, 3.8) is 0 Å². The third kappa shape index (κ3) is 5.58. The third-order valence-corrected chi connectivity index (χ3v) is 3.42. The standard InChI is InChI=1S/C17H21N3O3/c1-13-15(17(22)20-12-19-13)8-9-16(21)18-10-5-11-23-14-6-3-2-4-7-14/h2-4,6-7,12H,5,8-11H2,1H3,(H,18,21)(H,19,20,22). The molecule has 0 saturated heterocycles. The van der Waals surface area contributed by atoms with E-state index in [1.54, 1.807) is 6.92 Å². The van der Waals surface area contributed by atoms with E-state index in [9.17, 15) is 9.59 Å². The van der Waals surface area contributed by atoms with Crippen LogP contribution in [0.25, 0.3) is 0 Å². The summed E-state index contributed by atoms with van der Waals surface area (Å²) in [5, 5.41) is 2.83. The quantitative estimate of drug-likeness (QED) is 0.725. The highest BCUT2D eigenvalue weighted by atomic mass is 16.5. The van der Waals surface area contributed by atoms with Gasteiger partial charge < -0.3 is 15.0 Å². The summed E-state index contributed by atoms with van der Waals surface area (Å²) in [6, 6.07) is 9.55. The summed E-state index contributed by atoms with van der Waals surface area (Å²) in [7, 11) is 0. The molecule has 6 heteroatoms. The molecule has 1 amide bonds.